The van der Waals surface area contributed by atoms with Crippen molar-refractivity contribution in [2.75, 3.05) is 6.61 Å². The third-order valence-electron chi connectivity index (χ3n) is 4.85. The van der Waals surface area contributed by atoms with Gasteiger partial charge in [-0.3, -0.25) is 0 Å². The number of ether oxygens (including phenoxy) is 1. The summed E-state index contributed by atoms with van der Waals surface area (Å²) in [6, 6.07) is 7.01. The highest BCUT2D eigenvalue weighted by Gasteiger charge is 2.24. The molecule has 0 bridgehead atoms. The SMILES string of the molecule is CC(N)Cc1ccc(OCC2CC2)c(C2CCCCC2)c1. The van der Waals surface area contributed by atoms with E-state index in [0.29, 0.717) is 5.92 Å². The minimum Gasteiger partial charge on any atom is -0.493 e. The topological polar surface area (TPSA) is 35.2 Å². The summed E-state index contributed by atoms with van der Waals surface area (Å²) in [5.41, 5.74) is 8.78. The van der Waals surface area contributed by atoms with Gasteiger partial charge in [0.25, 0.3) is 0 Å². The number of hydrogen-bond acceptors (Lipinski definition) is 2. The van der Waals surface area contributed by atoms with E-state index in [1.807, 2.05) is 0 Å². The van der Waals surface area contributed by atoms with Gasteiger partial charge in [-0.2, -0.15) is 0 Å². The summed E-state index contributed by atoms with van der Waals surface area (Å²) in [7, 11) is 0. The molecular formula is C19H29NO. The highest BCUT2D eigenvalue weighted by molar-refractivity contribution is 5.40. The Morgan fingerprint density at radius 1 is 1.14 bits per heavy atom. The van der Waals surface area contributed by atoms with E-state index >= 15 is 0 Å². The zero-order valence-corrected chi connectivity index (χ0v) is 13.3. The van der Waals surface area contributed by atoms with Gasteiger partial charge in [-0.25, -0.2) is 0 Å². The molecule has 2 heteroatoms. The molecule has 0 amide bonds. The second-order valence-electron chi connectivity index (χ2n) is 7.14. The number of benzene rings is 1. The van der Waals surface area contributed by atoms with Crippen molar-refractivity contribution in [3.8, 4) is 5.75 Å². The first-order chi connectivity index (χ1) is 10.2. The van der Waals surface area contributed by atoms with Crippen molar-refractivity contribution in [1.29, 1.82) is 0 Å². The fraction of sp³-hybridized carbons (Fsp3) is 0.684. The lowest BCUT2D eigenvalue weighted by Crippen LogP contribution is -2.18. The maximum atomic E-state index is 6.14. The van der Waals surface area contributed by atoms with E-state index in [1.54, 1.807) is 0 Å². The van der Waals surface area contributed by atoms with Crippen LogP contribution >= 0.6 is 0 Å². The first-order valence-corrected chi connectivity index (χ1v) is 8.73. The second-order valence-corrected chi connectivity index (χ2v) is 7.14. The van der Waals surface area contributed by atoms with Gasteiger partial charge in [0, 0.05) is 6.04 Å². The average molecular weight is 287 g/mol. The van der Waals surface area contributed by atoms with E-state index < -0.39 is 0 Å². The van der Waals surface area contributed by atoms with E-state index in [4.69, 9.17) is 10.5 Å². The lowest BCUT2D eigenvalue weighted by atomic mass is 9.83. The second kappa shape index (κ2) is 6.83. The molecule has 0 aliphatic heterocycles. The Balaban J connectivity index is 1.78. The molecule has 1 atom stereocenters. The van der Waals surface area contributed by atoms with E-state index in [0.717, 1.165) is 24.7 Å². The minimum absolute atomic E-state index is 0.224. The van der Waals surface area contributed by atoms with Gasteiger partial charge in [-0.1, -0.05) is 31.4 Å². The molecule has 0 radical (unpaired) electrons. The molecule has 2 N–H and O–H groups in total. The molecule has 116 valence electrons. The van der Waals surface area contributed by atoms with Gasteiger partial charge in [0.05, 0.1) is 6.61 Å². The molecular weight excluding hydrogens is 258 g/mol. The molecule has 3 rings (SSSR count). The number of hydrogen-bond donors (Lipinski definition) is 1. The Kier molecular flexibility index (Phi) is 4.84. The monoisotopic (exact) mass is 287 g/mol. The van der Waals surface area contributed by atoms with Crippen LogP contribution in [0.5, 0.6) is 5.75 Å². The normalized spacial score (nSPS) is 21.2. The van der Waals surface area contributed by atoms with Crippen molar-refractivity contribution < 1.29 is 4.74 Å². The van der Waals surface area contributed by atoms with Crippen molar-refractivity contribution in [1.82, 2.24) is 0 Å². The highest BCUT2D eigenvalue weighted by atomic mass is 16.5. The molecule has 21 heavy (non-hydrogen) atoms. The van der Waals surface area contributed by atoms with Crippen molar-refractivity contribution in [2.24, 2.45) is 11.7 Å². The maximum Gasteiger partial charge on any atom is 0.122 e. The van der Waals surface area contributed by atoms with Gasteiger partial charge in [0.2, 0.25) is 0 Å². The van der Waals surface area contributed by atoms with Crippen molar-refractivity contribution in [2.45, 2.75) is 70.3 Å². The van der Waals surface area contributed by atoms with Crippen LogP contribution in [0.2, 0.25) is 0 Å². The van der Waals surface area contributed by atoms with Crippen molar-refractivity contribution >= 4 is 0 Å². The molecule has 2 nitrogen and oxygen atoms in total. The third-order valence-corrected chi connectivity index (χ3v) is 4.85. The molecule has 1 aromatic carbocycles. The lowest BCUT2D eigenvalue weighted by Gasteiger charge is -2.25. The highest BCUT2D eigenvalue weighted by Crippen LogP contribution is 2.39. The van der Waals surface area contributed by atoms with E-state index in [-0.39, 0.29) is 6.04 Å². The fourth-order valence-electron chi connectivity index (χ4n) is 3.45. The Hall–Kier alpha value is -1.02. The average Bonchev–Trinajstić information content (AvgIpc) is 3.30. The van der Waals surface area contributed by atoms with Crippen LogP contribution in [0.15, 0.2) is 18.2 Å². The summed E-state index contributed by atoms with van der Waals surface area (Å²) in [6.45, 7) is 2.99. The van der Waals surface area contributed by atoms with Crippen LogP contribution in [0.25, 0.3) is 0 Å². The summed E-state index contributed by atoms with van der Waals surface area (Å²) in [4.78, 5) is 0. The van der Waals surface area contributed by atoms with Crippen LogP contribution in [-0.2, 0) is 6.42 Å². The van der Waals surface area contributed by atoms with Gasteiger partial charge in [0.15, 0.2) is 0 Å². The van der Waals surface area contributed by atoms with Crippen LogP contribution in [-0.4, -0.2) is 12.6 Å². The van der Waals surface area contributed by atoms with E-state index in [2.05, 4.69) is 25.1 Å². The number of rotatable bonds is 6. The van der Waals surface area contributed by atoms with Crippen molar-refractivity contribution in [3.05, 3.63) is 29.3 Å². The first-order valence-electron chi connectivity index (χ1n) is 8.73. The van der Waals surface area contributed by atoms with Crippen LogP contribution in [0.4, 0.5) is 0 Å². The summed E-state index contributed by atoms with van der Waals surface area (Å²) >= 11 is 0. The quantitative estimate of drug-likeness (QED) is 0.841. The minimum atomic E-state index is 0.224. The summed E-state index contributed by atoms with van der Waals surface area (Å²) < 4.78 is 6.14. The van der Waals surface area contributed by atoms with Crippen LogP contribution in [0.1, 0.15) is 68.9 Å². The zero-order valence-electron chi connectivity index (χ0n) is 13.3. The zero-order chi connectivity index (χ0) is 14.7. The molecule has 1 unspecified atom stereocenters. The first kappa shape index (κ1) is 14.9. The number of nitrogens with two attached hydrogens (primary N) is 1. The third kappa shape index (κ3) is 4.23. The molecule has 2 aliphatic carbocycles. The Bertz CT molecular complexity index is 459. The molecule has 2 fully saturated rings. The largest absolute Gasteiger partial charge is 0.493 e. The molecule has 0 spiro atoms. The summed E-state index contributed by atoms with van der Waals surface area (Å²) in [5.74, 6) is 2.65. The molecule has 1 aromatic rings. The van der Waals surface area contributed by atoms with E-state index in [1.165, 1.54) is 56.1 Å². The smallest absolute Gasteiger partial charge is 0.122 e. The lowest BCUT2D eigenvalue weighted by molar-refractivity contribution is 0.291. The fourth-order valence-corrected chi connectivity index (χ4v) is 3.45. The van der Waals surface area contributed by atoms with Crippen LogP contribution in [0.3, 0.4) is 0 Å². The van der Waals surface area contributed by atoms with Gasteiger partial charge in [-0.15, -0.1) is 0 Å². The molecule has 0 aromatic heterocycles. The summed E-state index contributed by atoms with van der Waals surface area (Å²) in [6.07, 6.45) is 10.4. The Morgan fingerprint density at radius 3 is 2.57 bits per heavy atom. The molecule has 0 saturated heterocycles. The Morgan fingerprint density at radius 2 is 1.90 bits per heavy atom. The van der Waals surface area contributed by atoms with E-state index in [9.17, 15) is 0 Å². The van der Waals surface area contributed by atoms with Gasteiger partial charge < -0.3 is 10.5 Å². The predicted molar refractivity (Wildman–Crippen MR) is 87.8 cm³/mol. The maximum absolute atomic E-state index is 6.14. The van der Waals surface area contributed by atoms with Crippen LogP contribution in [0, 0.1) is 5.92 Å². The van der Waals surface area contributed by atoms with Crippen LogP contribution < -0.4 is 10.5 Å². The molecule has 2 aliphatic rings. The molecule has 0 heterocycles. The Labute approximate surface area is 129 Å². The molecule has 2 saturated carbocycles. The summed E-state index contributed by atoms with van der Waals surface area (Å²) in [5, 5.41) is 0. The van der Waals surface area contributed by atoms with Crippen molar-refractivity contribution in [3.63, 3.8) is 0 Å². The standard InChI is InChI=1S/C19H29NO/c1-14(20)11-16-9-10-19(21-13-15-7-8-15)18(12-16)17-5-3-2-4-6-17/h9-10,12,14-15,17H,2-8,11,13,20H2,1H3. The predicted octanol–water partition coefficient (Wildman–Crippen LogP) is 4.41. The van der Waals surface area contributed by atoms with Gasteiger partial charge >= 0.3 is 0 Å². The van der Waals surface area contributed by atoms with Gasteiger partial charge in [-0.05, 0) is 68.1 Å². The van der Waals surface area contributed by atoms with Gasteiger partial charge in [0.1, 0.15) is 5.75 Å².